The van der Waals surface area contributed by atoms with E-state index in [0.717, 1.165) is 10.0 Å². The summed E-state index contributed by atoms with van der Waals surface area (Å²) in [5.74, 6) is -0.0842. The van der Waals surface area contributed by atoms with Crippen LogP contribution in [0.25, 0.3) is 0 Å². The van der Waals surface area contributed by atoms with Crippen LogP contribution in [0.5, 0.6) is 11.5 Å². The van der Waals surface area contributed by atoms with E-state index >= 15 is 0 Å². The van der Waals surface area contributed by atoms with E-state index in [1.54, 1.807) is 6.07 Å². The molecule has 0 radical (unpaired) electrons. The van der Waals surface area contributed by atoms with E-state index in [1.807, 2.05) is 24.3 Å². The molecule has 0 saturated heterocycles. The molecule has 1 N–H and O–H groups in total. The minimum atomic E-state index is -0.629. The summed E-state index contributed by atoms with van der Waals surface area (Å²) in [6.07, 6.45) is 0. The Balaban J connectivity index is 1.86. The van der Waals surface area contributed by atoms with Gasteiger partial charge in [0.2, 0.25) is 0 Å². The summed E-state index contributed by atoms with van der Waals surface area (Å²) in [6, 6.07) is 12.2. The normalized spacial score (nSPS) is 10.0. The Hall–Kier alpha value is -2.54. The number of hydrogen-bond acceptors (Lipinski definition) is 5. The summed E-state index contributed by atoms with van der Waals surface area (Å²) in [5, 5.41) is 2.69. The van der Waals surface area contributed by atoms with E-state index in [2.05, 4.69) is 21.2 Å². The zero-order valence-electron chi connectivity index (χ0n) is 13.9. The fourth-order valence-corrected chi connectivity index (χ4v) is 2.26. The topological polar surface area (TPSA) is 73.9 Å². The molecule has 1 amide bonds. The van der Waals surface area contributed by atoms with Crippen molar-refractivity contribution >= 4 is 27.8 Å². The molecule has 132 valence electrons. The van der Waals surface area contributed by atoms with Crippen LogP contribution < -0.4 is 14.8 Å². The van der Waals surface area contributed by atoms with Gasteiger partial charge in [-0.2, -0.15) is 0 Å². The molecule has 0 spiro atoms. The molecule has 0 bridgehead atoms. The molecule has 0 aliphatic rings. The van der Waals surface area contributed by atoms with E-state index in [9.17, 15) is 9.59 Å². The lowest BCUT2D eigenvalue weighted by Crippen LogP contribution is -2.28. The largest absolute Gasteiger partial charge is 0.497 e. The van der Waals surface area contributed by atoms with Crippen molar-refractivity contribution in [2.24, 2.45) is 0 Å². The minimum Gasteiger partial charge on any atom is -0.497 e. The SMILES string of the molecule is COc1cc(OC)cc(C(=O)OCC(=O)NCc2ccc(Br)cc2)c1. The average molecular weight is 408 g/mol. The van der Waals surface area contributed by atoms with Crippen LogP contribution in [0.3, 0.4) is 0 Å². The lowest BCUT2D eigenvalue weighted by Gasteiger charge is -2.09. The second-order valence-corrected chi connectivity index (χ2v) is 6.00. The van der Waals surface area contributed by atoms with Crippen LogP contribution >= 0.6 is 15.9 Å². The monoisotopic (exact) mass is 407 g/mol. The maximum atomic E-state index is 12.1. The van der Waals surface area contributed by atoms with Crippen molar-refractivity contribution in [1.29, 1.82) is 0 Å². The van der Waals surface area contributed by atoms with Gasteiger partial charge in [-0.25, -0.2) is 4.79 Å². The third-order valence-corrected chi connectivity index (χ3v) is 3.85. The molecule has 6 nitrogen and oxygen atoms in total. The molecule has 2 aromatic rings. The molecule has 7 heteroatoms. The van der Waals surface area contributed by atoms with Gasteiger partial charge in [-0.05, 0) is 29.8 Å². The first kappa shape index (κ1) is 18.8. The maximum Gasteiger partial charge on any atom is 0.338 e. The van der Waals surface area contributed by atoms with Gasteiger partial charge in [0.15, 0.2) is 6.61 Å². The molecule has 0 unspecified atom stereocenters. The number of nitrogens with one attached hydrogen (secondary N) is 1. The molecule has 0 aliphatic carbocycles. The number of methoxy groups -OCH3 is 2. The Morgan fingerprint density at radius 3 is 2.16 bits per heavy atom. The van der Waals surface area contributed by atoms with Crippen LogP contribution in [0.1, 0.15) is 15.9 Å². The fraction of sp³-hybridized carbons (Fsp3) is 0.222. The van der Waals surface area contributed by atoms with Crippen molar-refractivity contribution in [1.82, 2.24) is 5.32 Å². The summed E-state index contributed by atoms with van der Waals surface area (Å²) in [6.45, 7) is -0.00840. The Kier molecular flexibility index (Phi) is 6.82. The van der Waals surface area contributed by atoms with Crippen molar-refractivity contribution < 1.29 is 23.8 Å². The van der Waals surface area contributed by atoms with Gasteiger partial charge in [-0.1, -0.05) is 28.1 Å². The number of benzene rings is 2. The highest BCUT2D eigenvalue weighted by atomic mass is 79.9. The second-order valence-electron chi connectivity index (χ2n) is 5.08. The number of ether oxygens (including phenoxy) is 3. The Morgan fingerprint density at radius 2 is 1.60 bits per heavy atom. The van der Waals surface area contributed by atoms with Crippen LogP contribution in [0.2, 0.25) is 0 Å². The molecular formula is C18H18BrNO5. The second kappa shape index (κ2) is 9.08. The van der Waals surface area contributed by atoms with Gasteiger partial charge in [0.1, 0.15) is 11.5 Å². The number of carbonyl (C=O) groups excluding carboxylic acids is 2. The van der Waals surface area contributed by atoms with Crippen LogP contribution in [0.4, 0.5) is 0 Å². The van der Waals surface area contributed by atoms with Gasteiger partial charge >= 0.3 is 5.97 Å². The molecular weight excluding hydrogens is 390 g/mol. The van der Waals surface area contributed by atoms with E-state index in [4.69, 9.17) is 14.2 Å². The number of esters is 1. The van der Waals surface area contributed by atoms with Crippen molar-refractivity contribution in [3.63, 3.8) is 0 Å². The van der Waals surface area contributed by atoms with Gasteiger partial charge in [0.25, 0.3) is 5.91 Å². The maximum absolute atomic E-state index is 12.1. The first-order valence-electron chi connectivity index (χ1n) is 7.43. The first-order chi connectivity index (χ1) is 12.0. The average Bonchev–Trinajstić information content (AvgIpc) is 2.65. The van der Waals surface area contributed by atoms with Crippen molar-refractivity contribution in [3.05, 3.63) is 58.1 Å². The van der Waals surface area contributed by atoms with E-state index < -0.39 is 5.97 Å². The number of rotatable bonds is 7. The quantitative estimate of drug-likeness (QED) is 0.714. The highest BCUT2D eigenvalue weighted by Gasteiger charge is 2.13. The van der Waals surface area contributed by atoms with Crippen molar-refractivity contribution in [3.8, 4) is 11.5 Å². The predicted octanol–water partition coefficient (Wildman–Crippen LogP) is 2.94. The first-order valence-corrected chi connectivity index (χ1v) is 8.22. The smallest absolute Gasteiger partial charge is 0.338 e. The molecule has 0 aromatic heterocycles. The third-order valence-electron chi connectivity index (χ3n) is 3.32. The molecule has 0 saturated carbocycles. The van der Waals surface area contributed by atoms with E-state index in [-0.39, 0.29) is 18.1 Å². The number of halogens is 1. The number of hydrogen-bond donors (Lipinski definition) is 1. The zero-order chi connectivity index (χ0) is 18.2. The van der Waals surface area contributed by atoms with Crippen molar-refractivity contribution in [2.45, 2.75) is 6.54 Å². The van der Waals surface area contributed by atoms with Crippen LogP contribution in [-0.2, 0) is 16.1 Å². The summed E-state index contributed by atoms with van der Waals surface area (Å²) in [4.78, 5) is 23.9. The van der Waals surface area contributed by atoms with Gasteiger partial charge in [0.05, 0.1) is 19.8 Å². The Bertz CT molecular complexity index is 723. The fourth-order valence-electron chi connectivity index (χ4n) is 1.99. The Labute approximate surface area is 154 Å². The summed E-state index contributed by atoms with van der Waals surface area (Å²) in [7, 11) is 2.97. The third kappa shape index (κ3) is 5.79. The Morgan fingerprint density at radius 1 is 1.00 bits per heavy atom. The minimum absolute atomic E-state index is 0.247. The lowest BCUT2D eigenvalue weighted by atomic mass is 10.2. The molecule has 0 fully saturated rings. The standard InChI is InChI=1S/C18H18BrNO5/c1-23-15-7-13(8-16(9-15)24-2)18(22)25-11-17(21)20-10-12-3-5-14(19)6-4-12/h3-9H,10-11H2,1-2H3,(H,20,21). The van der Waals surface area contributed by atoms with Crippen LogP contribution in [0, 0.1) is 0 Å². The lowest BCUT2D eigenvalue weighted by molar-refractivity contribution is -0.124. The summed E-state index contributed by atoms with van der Waals surface area (Å²) < 4.78 is 16.2. The van der Waals surface area contributed by atoms with Gasteiger partial charge < -0.3 is 19.5 Å². The highest BCUT2D eigenvalue weighted by molar-refractivity contribution is 9.10. The zero-order valence-corrected chi connectivity index (χ0v) is 15.5. The van der Waals surface area contributed by atoms with Gasteiger partial charge in [-0.15, -0.1) is 0 Å². The number of amides is 1. The van der Waals surface area contributed by atoms with Crippen molar-refractivity contribution in [2.75, 3.05) is 20.8 Å². The number of carbonyl (C=O) groups is 2. The van der Waals surface area contributed by atoms with Crippen LogP contribution in [0.15, 0.2) is 46.9 Å². The molecule has 2 aromatic carbocycles. The molecule has 0 aliphatic heterocycles. The predicted molar refractivity (Wildman–Crippen MR) is 95.8 cm³/mol. The van der Waals surface area contributed by atoms with E-state index in [0.29, 0.717) is 18.0 Å². The van der Waals surface area contributed by atoms with Gasteiger partial charge in [-0.3, -0.25) is 4.79 Å². The van der Waals surface area contributed by atoms with E-state index in [1.165, 1.54) is 26.4 Å². The highest BCUT2D eigenvalue weighted by Crippen LogP contribution is 2.22. The van der Waals surface area contributed by atoms with Crippen LogP contribution in [-0.4, -0.2) is 32.7 Å². The van der Waals surface area contributed by atoms with Gasteiger partial charge in [0, 0.05) is 17.1 Å². The molecule has 2 rings (SSSR count). The summed E-state index contributed by atoms with van der Waals surface area (Å²) >= 11 is 3.35. The molecule has 0 heterocycles. The molecule has 0 atom stereocenters. The molecule has 25 heavy (non-hydrogen) atoms. The summed E-state index contributed by atoms with van der Waals surface area (Å²) in [5.41, 5.74) is 1.19.